The van der Waals surface area contributed by atoms with Crippen LogP contribution in [0.3, 0.4) is 0 Å². The molecule has 0 radical (unpaired) electrons. The van der Waals surface area contributed by atoms with Crippen LogP contribution in [0.15, 0.2) is 38.0 Å². The smallest absolute Gasteiger partial charge is 0.461 e. The predicted molar refractivity (Wildman–Crippen MR) is 133 cm³/mol. The van der Waals surface area contributed by atoms with E-state index in [-0.39, 0.29) is 13.0 Å². The normalized spacial score (nSPS) is 11.3. The Morgan fingerprint density at radius 1 is 0.750 bits per heavy atom. The maximum atomic E-state index is 13.2. The number of carbonyl (C=O) groups is 4. The molecule has 0 bridgehead atoms. The molecule has 0 aromatic carbocycles. The van der Waals surface area contributed by atoms with Crippen molar-refractivity contribution in [1.82, 2.24) is 10.6 Å². The van der Waals surface area contributed by atoms with Crippen molar-refractivity contribution in [3.8, 4) is 0 Å². The van der Waals surface area contributed by atoms with Crippen LogP contribution in [-0.4, -0.2) is 93.4 Å². The van der Waals surface area contributed by atoms with Crippen LogP contribution >= 0.6 is 0 Å². The third-order valence-electron chi connectivity index (χ3n) is 5.11. The number of hydrogen-bond donors (Lipinski definition) is 2. The quantitative estimate of drug-likeness (QED) is 0.0502. The molecular formula is C23H38N2O10Si. The molecule has 0 saturated carbocycles. The summed E-state index contributed by atoms with van der Waals surface area (Å²) in [5.74, 6) is -2.82. The van der Waals surface area contributed by atoms with E-state index in [9.17, 15) is 19.2 Å². The van der Waals surface area contributed by atoms with Gasteiger partial charge in [0.15, 0.2) is 5.78 Å². The molecule has 0 fully saturated rings. The number of hydrogen-bond acceptors (Lipinski definition) is 12. The van der Waals surface area contributed by atoms with Gasteiger partial charge in [-0.3, -0.25) is 4.79 Å². The average Bonchev–Trinajstić information content (AvgIpc) is 2.91. The molecule has 0 aromatic rings. The van der Waals surface area contributed by atoms with Gasteiger partial charge in [0.05, 0.1) is 0 Å². The Morgan fingerprint density at radius 3 is 1.56 bits per heavy atom. The predicted octanol–water partition coefficient (Wildman–Crippen LogP) is 0.525. The van der Waals surface area contributed by atoms with Gasteiger partial charge >= 0.3 is 26.7 Å². The van der Waals surface area contributed by atoms with Crippen molar-refractivity contribution in [2.75, 3.05) is 60.9 Å². The Morgan fingerprint density at radius 2 is 1.17 bits per heavy atom. The van der Waals surface area contributed by atoms with Gasteiger partial charge in [0.2, 0.25) is 0 Å². The van der Waals surface area contributed by atoms with Gasteiger partial charge in [-0.05, 0) is 13.0 Å². The summed E-state index contributed by atoms with van der Waals surface area (Å²) in [6.07, 6.45) is 3.49. The first kappa shape index (κ1) is 33.3. The topological polar surface area (TPSA) is 148 Å². The van der Waals surface area contributed by atoms with Crippen molar-refractivity contribution in [3.05, 3.63) is 38.0 Å². The minimum atomic E-state index is -2.62. The van der Waals surface area contributed by atoms with Gasteiger partial charge in [-0.2, -0.15) is 0 Å². The molecule has 0 heterocycles. The van der Waals surface area contributed by atoms with Crippen LogP contribution in [0.1, 0.15) is 12.8 Å². The van der Waals surface area contributed by atoms with E-state index in [1.54, 1.807) is 21.3 Å². The summed E-state index contributed by atoms with van der Waals surface area (Å²) in [7, 11) is 2.05. The van der Waals surface area contributed by atoms with Crippen molar-refractivity contribution in [2.45, 2.75) is 18.9 Å². The van der Waals surface area contributed by atoms with E-state index >= 15 is 0 Å². The standard InChI is InChI=1S/C23H38N2O10Si/c1-7-20(27)33-15-23(16-34-21(28)8-2,17-35-22(29)9-3)19(26)11-13-25-18-24-12-10-14-36(30-4,31-5)32-6/h7-9,24-25H,1-3,10-18H2,4-6H3. The van der Waals surface area contributed by atoms with Crippen LogP contribution in [0.4, 0.5) is 0 Å². The molecule has 2 N–H and O–H groups in total. The van der Waals surface area contributed by atoms with Gasteiger partial charge in [0.25, 0.3) is 0 Å². The second-order valence-corrected chi connectivity index (χ2v) is 10.6. The summed E-state index contributed by atoms with van der Waals surface area (Å²) in [5, 5.41) is 6.25. The number of Topliss-reactive ketones (excluding diaryl/α,β-unsaturated/α-hetero) is 1. The van der Waals surface area contributed by atoms with Crippen LogP contribution in [0.25, 0.3) is 0 Å². The lowest BCUT2D eigenvalue weighted by atomic mass is 9.84. The van der Waals surface area contributed by atoms with Crippen molar-refractivity contribution in [2.24, 2.45) is 5.41 Å². The van der Waals surface area contributed by atoms with E-state index in [0.29, 0.717) is 19.3 Å². The third-order valence-corrected chi connectivity index (χ3v) is 7.94. The minimum Gasteiger partial charge on any atom is -0.461 e. The van der Waals surface area contributed by atoms with E-state index in [0.717, 1.165) is 24.6 Å². The fourth-order valence-electron chi connectivity index (χ4n) is 2.89. The van der Waals surface area contributed by atoms with Crippen LogP contribution in [0.2, 0.25) is 6.04 Å². The second-order valence-electron chi connectivity index (χ2n) is 7.46. The number of carbonyl (C=O) groups excluding carboxylic acids is 4. The SMILES string of the molecule is C=CC(=O)OCC(COC(=O)C=C)(COC(=O)C=C)C(=O)CCNCNCCC[Si](OC)(OC)OC. The number of esters is 3. The summed E-state index contributed by atoms with van der Waals surface area (Å²) < 4.78 is 31.3. The highest BCUT2D eigenvalue weighted by atomic mass is 28.4. The lowest BCUT2D eigenvalue weighted by Crippen LogP contribution is -2.47. The van der Waals surface area contributed by atoms with Crippen LogP contribution in [0, 0.1) is 5.41 Å². The fraction of sp³-hybridized carbons (Fsp3) is 0.565. The monoisotopic (exact) mass is 530 g/mol. The molecule has 0 aliphatic carbocycles. The Balaban J connectivity index is 4.99. The Bertz CT molecular complexity index is 687. The largest absolute Gasteiger partial charge is 0.500 e. The zero-order valence-electron chi connectivity index (χ0n) is 21.3. The summed E-state index contributed by atoms with van der Waals surface area (Å²) in [6, 6.07) is 0.640. The lowest BCUT2D eigenvalue weighted by molar-refractivity contribution is -0.161. The average molecular weight is 531 g/mol. The molecule has 0 unspecified atom stereocenters. The molecule has 0 atom stereocenters. The third kappa shape index (κ3) is 12.3. The maximum Gasteiger partial charge on any atom is 0.500 e. The van der Waals surface area contributed by atoms with Gasteiger partial charge in [-0.25, -0.2) is 14.4 Å². The zero-order chi connectivity index (χ0) is 27.5. The molecule has 0 amide bonds. The van der Waals surface area contributed by atoms with Crippen LogP contribution in [0.5, 0.6) is 0 Å². The van der Waals surface area contributed by atoms with Crippen molar-refractivity contribution in [1.29, 1.82) is 0 Å². The van der Waals surface area contributed by atoms with Gasteiger partial charge in [0, 0.05) is 65.2 Å². The first-order valence-electron chi connectivity index (χ1n) is 11.2. The van der Waals surface area contributed by atoms with Crippen molar-refractivity contribution in [3.63, 3.8) is 0 Å². The number of ether oxygens (including phenoxy) is 3. The summed E-state index contributed by atoms with van der Waals surface area (Å²) in [6.45, 7) is 9.76. The number of nitrogens with one attached hydrogen (secondary N) is 2. The molecule has 36 heavy (non-hydrogen) atoms. The second kappa shape index (κ2) is 18.6. The number of rotatable bonds is 22. The van der Waals surface area contributed by atoms with E-state index in [1.165, 1.54) is 0 Å². The molecule has 0 aliphatic rings. The van der Waals surface area contributed by atoms with Gasteiger partial charge in [0.1, 0.15) is 25.2 Å². The van der Waals surface area contributed by atoms with E-state index in [2.05, 4.69) is 30.4 Å². The molecule has 0 rings (SSSR count). The number of ketones is 1. The first-order chi connectivity index (χ1) is 17.2. The lowest BCUT2D eigenvalue weighted by Gasteiger charge is -2.30. The highest BCUT2D eigenvalue weighted by Gasteiger charge is 2.42. The molecule has 0 aliphatic heterocycles. The highest BCUT2D eigenvalue weighted by Crippen LogP contribution is 2.24. The Labute approximate surface area is 213 Å². The van der Waals surface area contributed by atoms with Crippen molar-refractivity contribution >= 4 is 32.5 Å². The molecule has 12 nitrogen and oxygen atoms in total. The molecule has 0 aromatic heterocycles. The van der Waals surface area contributed by atoms with Crippen molar-refractivity contribution < 1.29 is 46.7 Å². The van der Waals surface area contributed by atoms with E-state index in [4.69, 9.17) is 27.5 Å². The Kier molecular flexibility index (Phi) is 17.2. The Hall–Kier alpha value is -2.68. The molecule has 0 saturated heterocycles. The van der Waals surface area contributed by atoms with Gasteiger partial charge in [-0.15, -0.1) is 0 Å². The molecule has 13 heteroatoms. The summed E-state index contributed by atoms with van der Waals surface area (Å²) in [5.41, 5.74) is -1.63. The van der Waals surface area contributed by atoms with E-state index in [1.807, 2.05) is 0 Å². The highest BCUT2D eigenvalue weighted by molar-refractivity contribution is 6.60. The van der Waals surface area contributed by atoms with Crippen LogP contribution in [-0.2, 0) is 46.7 Å². The fourth-order valence-corrected chi connectivity index (χ4v) is 4.61. The molecule has 0 spiro atoms. The maximum absolute atomic E-state index is 13.2. The first-order valence-corrected chi connectivity index (χ1v) is 13.1. The van der Waals surface area contributed by atoms with Gasteiger partial charge < -0.3 is 38.1 Å². The summed E-state index contributed by atoms with van der Waals surface area (Å²) >= 11 is 0. The summed E-state index contributed by atoms with van der Waals surface area (Å²) in [4.78, 5) is 48.1. The molecular weight excluding hydrogens is 492 g/mol. The zero-order valence-corrected chi connectivity index (χ0v) is 22.3. The minimum absolute atomic E-state index is 0.0301. The van der Waals surface area contributed by atoms with E-state index < -0.39 is 57.7 Å². The van der Waals surface area contributed by atoms with Crippen LogP contribution < -0.4 is 10.6 Å². The molecule has 204 valence electrons. The van der Waals surface area contributed by atoms with Gasteiger partial charge in [-0.1, -0.05) is 19.7 Å².